The van der Waals surface area contributed by atoms with Gasteiger partial charge < -0.3 is 0 Å². The molecule has 21 heavy (non-hydrogen) atoms. The molecule has 1 aromatic rings. The van der Waals surface area contributed by atoms with Crippen LogP contribution in [0.3, 0.4) is 0 Å². The Balaban J connectivity index is 2.96. The second-order valence-corrected chi connectivity index (χ2v) is 5.84. The van der Waals surface area contributed by atoms with Gasteiger partial charge in [0, 0.05) is 0 Å². The van der Waals surface area contributed by atoms with E-state index < -0.39 is 0 Å². The fourth-order valence-electron chi connectivity index (χ4n) is 2.55. The van der Waals surface area contributed by atoms with Gasteiger partial charge in [0.15, 0.2) is 0 Å². The largest absolute Gasteiger partial charge is 0.0956 e. The first-order valence-corrected chi connectivity index (χ1v) is 8.16. The van der Waals surface area contributed by atoms with Crippen LogP contribution in [-0.4, -0.2) is 0 Å². The number of hydrogen-bond acceptors (Lipinski definition) is 0. The zero-order valence-electron chi connectivity index (χ0n) is 14.4. The van der Waals surface area contributed by atoms with Gasteiger partial charge in [0.2, 0.25) is 0 Å². The van der Waals surface area contributed by atoms with Gasteiger partial charge in [0.1, 0.15) is 0 Å². The molecule has 0 radical (unpaired) electrons. The first-order chi connectivity index (χ1) is 10.0. The Bertz CT molecular complexity index is 511. The van der Waals surface area contributed by atoms with Crippen LogP contribution in [0.4, 0.5) is 0 Å². The number of benzene rings is 1. The summed E-state index contributed by atoms with van der Waals surface area (Å²) in [5.74, 6) is 0.648. The zero-order valence-corrected chi connectivity index (χ0v) is 14.4. The molecule has 0 spiro atoms. The lowest BCUT2D eigenvalue weighted by Crippen LogP contribution is -1.93. The maximum absolute atomic E-state index is 4.12. The van der Waals surface area contributed by atoms with E-state index in [-0.39, 0.29) is 0 Å². The SMILES string of the molecule is C=C(CC)/C(C)=C/C(=C\C)c1ccc([C@H](C)CCC)cc1. The van der Waals surface area contributed by atoms with Crippen molar-refractivity contribution in [3.05, 3.63) is 65.3 Å². The minimum atomic E-state index is 0.648. The summed E-state index contributed by atoms with van der Waals surface area (Å²) in [5, 5.41) is 0. The van der Waals surface area contributed by atoms with E-state index in [1.807, 2.05) is 0 Å². The third-order valence-electron chi connectivity index (χ3n) is 4.20. The van der Waals surface area contributed by atoms with E-state index in [2.05, 4.69) is 77.6 Å². The van der Waals surface area contributed by atoms with Gasteiger partial charge in [0.25, 0.3) is 0 Å². The standard InChI is InChI=1S/C21H30/c1-7-10-17(5)20-11-13-21(14-12-20)19(9-3)15-18(6)16(4)8-2/h9,11-15,17H,4,7-8,10H2,1-3,5-6H3/b18-15+,19-9+/t17-/m1/s1. The first kappa shape index (κ1) is 17.5. The normalized spacial score (nSPS) is 14.1. The molecule has 0 N–H and O–H groups in total. The molecular formula is C21H30. The van der Waals surface area contributed by atoms with Crippen molar-refractivity contribution in [2.45, 2.75) is 59.8 Å². The maximum atomic E-state index is 4.12. The van der Waals surface area contributed by atoms with Crippen molar-refractivity contribution >= 4 is 5.57 Å². The summed E-state index contributed by atoms with van der Waals surface area (Å²) in [6.07, 6.45) is 7.93. The molecule has 0 heterocycles. The predicted octanol–water partition coefficient (Wildman–Crippen LogP) is 6.91. The monoisotopic (exact) mass is 282 g/mol. The summed E-state index contributed by atoms with van der Waals surface area (Å²) in [5.41, 5.74) is 6.48. The van der Waals surface area contributed by atoms with Gasteiger partial charge in [-0.05, 0) is 54.9 Å². The maximum Gasteiger partial charge on any atom is -0.0187 e. The van der Waals surface area contributed by atoms with Crippen molar-refractivity contribution in [3.63, 3.8) is 0 Å². The molecule has 1 atom stereocenters. The summed E-state index contributed by atoms with van der Waals surface area (Å²) in [6.45, 7) is 15.1. The van der Waals surface area contributed by atoms with Gasteiger partial charge in [-0.1, -0.05) is 75.8 Å². The van der Waals surface area contributed by atoms with Crippen LogP contribution in [-0.2, 0) is 0 Å². The van der Waals surface area contributed by atoms with Crippen molar-refractivity contribution in [2.24, 2.45) is 0 Å². The Morgan fingerprint density at radius 1 is 1.19 bits per heavy atom. The van der Waals surface area contributed by atoms with Crippen LogP contribution in [0.15, 0.2) is 54.1 Å². The van der Waals surface area contributed by atoms with E-state index in [4.69, 9.17) is 0 Å². The van der Waals surface area contributed by atoms with Crippen LogP contribution in [0.2, 0.25) is 0 Å². The van der Waals surface area contributed by atoms with E-state index in [9.17, 15) is 0 Å². The molecule has 0 aliphatic rings. The van der Waals surface area contributed by atoms with Crippen molar-refractivity contribution in [1.29, 1.82) is 0 Å². The minimum absolute atomic E-state index is 0.648. The number of hydrogen-bond donors (Lipinski definition) is 0. The molecule has 114 valence electrons. The average molecular weight is 282 g/mol. The van der Waals surface area contributed by atoms with E-state index in [0.29, 0.717) is 5.92 Å². The van der Waals surface area contributed by atoms with Gasteiger partial charge in [-0.3, -0.25) is 0 Å². The third kappa shape index (κ3) is 5.04. The lowest BCUT2D eigenvalue weighted by molar-refractivity contribution is 0.665. The highest BCUT2D eigenvalue weighted by Gasteiger charge is 2.05. The van der Waals surface area contributed by atoms with Crippen LogP contribution < -0.4 is 0 Å². The van der Waals surface area contributed by atoms with Gasteiger partial charge in [0.05, 0.1) is 0 Å². The fraction of sp³-hybridized carbons (Fsp3) is 0.429. The van der Waals surface area contributed by atoms with Crippen LogP contribution >= 0.6 is 0 Å². The predicted molar refractivity (Wildman–Crippen MR) is 96.6 cm³/mol. The van der Waals surface area contributed by atoms with Gasteiger partial charge in [-0.15, -0.1) is 0 Å². The second kappa shape index (κ2) is 8.67. The molecule has 0 aliphatic heterocycles. The molecule has 0 aliphatic carbocycles. The third-order valence-corrected chi connectivity index (χ3v) is 4.20. The Hall–Kier alpha value is -1.56. The average Bonchev–Trinajstić information content (AvgIpc) is 2.51. The smallest absolute Gasteiger partial charge is 0.0187 e. The van der Waals surface area contributed by atoms with Crippen LogP contribution in [0, 0.1) is 0 Å². The lowest BCUT2D eigenvalue weighted by Gasteiger charge is -2.12. The van der Waals surface area contributed by atoms with E-state index in [1.54, 1.807) is 0 Å². The lowest BCUT2D eigenvalue weighted by atomic mass is 9.93. The van der Waals surface area contributed by atoms with Gasteiger partial charge in [-0.25, -0.2) is 0 Å². The molecule has 1 rings (SSSR count). The second-order valence-electron chi connectivity index (χ2n) is 5.84. The Kier molecular flexibility index (Phi) is 7.22. The molecule has 1 aromatic carbocycles. The van der Waals surface area contributed by atoms with Crippen molar-refractivity contribution in [1.82, 2.24) is 0 Å². The summed E-state index contributed by atoms with van der Waals surface area (Å²) in [6, 6.07) is 9.04. The molecule has 0 fully saturated rings. The Morgan fingerprint density at radius 3 is 2.29 bits per heavy atom. The minimum Gasteiger partial charge on any atom is -0.0956 e. The van der Waals surface area contributed by atoms with E-state index >= 15 is 0 Å². The molecule has 0 amide bonds. The highest BCUT2D eigenvalue weighted by Crippen LogP contribution is 2.25. The van der Waals surface area contributed by atoms with Crippen molar-refractivity contribution in [3.8, 4) is 0 Å². The Labute approximate surface area is 131 Å². The van der Waals surface area contributed by atoms with Gasteiger partial charge in [-0.2, -0.15) is 0 Å². The molecular weight excluding hydrogens is 252 g/mol. The van der Waals surface area contributed by atoms with E-state index in [0.717, 1.165) is 6.42 Å². The summed E-state index contributed by atoms with van der Waals surface area (Å²) in [7, 11) is 0. The highest BCUT2D eigenvalue weighted by atomic mass is 14.1. The summed E-state index contributed by atoms with van der Waals surface area (Å²) in [4.78, 5) is 0. The quantitative estimate of drug-likeness (QED) is 0.477. The molecule has 0 nitrogen and oxygen atoms in total. The first-order valence-electron chi connectivity index (χ1n) is 8.16. The van der Waals surface area contributed by atoms with Crippen molar-refractivity contribution in [2.75, 3.05) is 0 Å². The summed E-state index contributed by atoms with van der Waals surface area (Å²) < 4.78 is 0. The topological polar surface area (TPSA) is 0 Å². The molecule has 0 aromatic heterocycles. The van der Waals surface area contributed by atoms with Crippen LogP contribution in [0.25, 0.3) is 5.57 Å². The van der Waals surface area contributed by atoms with Crippen LogP contribution in [0.1, 0.15) is 70.9 Å². The molecule has 0 heteroatoms. The van der Waals surface area contributed by atoms with Gasteiger partial charge >= 0.3 is 0 Å². The highest BCUT2D eigenvalue weighted by molar-refractivity contribution is 5.75. The van der Waals surface area contributed by atoms with Crippen LogP contribution in [0.5, 0.6) is 0 Å². The molecule has 0 saturated heterocycles. The zero-order chi connectivity index (χ0) is 15.8. The summed E-state index contributed by atoms with van der Waals surface area (Å²) >= 11 is 0. The molecule has 0 unspecified atom stereocenters. The fourth-order valence-corrected chi connectivity index (χ4v) is 2.55. The van der Waals surface area contributed by atoms with E-state index in [1.165, 1.54) is 40.7 Å². The Morgan fingerprint density at radius 2 is 1.81 bits per heavy atom. The molecule has 0 bridgehead atoms. The number of allylic oxidation sites excluding steroid dienone is 5. The molecule has 0 saturated carbocycles. The van der Waals surface area contributed by atoms with Crippen molar-refractivity contribution < 1.29 is 0 Å². The number of rotatable bonds is 7.